The van der Waals surface area contributed by atoms with Crippen LogP contribution in [-0.4, -0.2) is 11.1 Å². The van der Waals surface area contributed by atoms with E-state index >= 15 is 0 Å². The molecular formula is C12H20O2. The molecular weight excluding hydrogens is 176 g/mol. The highest BCUT2D eigenvalue weighted by molar-refractivity contribution is 5.79. The summed E-state index contributed by atoms with van der Waals surface area (Å²) in [6, 6.07) is 0. The van der Waals surface area contributed by atoms with Crippen molar-refractivity contribution in [2.45, 2.75) is 39.5 Å². The lowest BCUT2D eigenvalue weighted by Gasteiger charge is -2.29. The number of rotatable bonds is 3. The van der Waals surface area contributed by atoms with Gasteiger partial charge in [-0.3, -0.25) is 0 Å². The Balaban J connectivity index is 2.32. The lowest BCUT2D eigenvalue weighted by Crippen LogP contribution is -2.17. The second-order valence-corrected chi connectivity index (χ2v) is 4.62. The Morgan fingerprint density at radius 1 is 1.29 bits per heavy atom. The summed E-state index contributed by atoms with van der Waals surface area (Å²) < 4.78 is 0. The first-order valence-electron chi connectivity index (χ1n) is 5.50. The van der Waals surface area contributed by atoms with Crippen LogP contribution in [0, 0.1) is 17.8 Å². The molecule has 1 saturated carbocycles. The molecule has 0 bridgehead atoms. The number of hydrogen-bond acceptors (Lipinski definition) is 1. The third-order valence-corrected chi connectivity index (χ3v) is 3.27. The minimum absolute atomic E-state index is 0.501. The van der Waals surface area contributed by atoms with Crippen molar-refractivity contribution in [1.29, 1.82) is 0 Å². The number of carboxylic acid groups (broad SMARTS) is 1. The van der Waals surface area contributed by atoms with E-state index in [9.17, 15) is 4.79 Å². The minimum atomic E-state index is -0.823. The Kier molecular flexibility index (Phi) is 4.18. The number of hydrogen-bond donors (Lipinski definition) is 1. The molecule has 0 aromatic heterocycles. The van der Waals surface area contributed by atoms with E-state index in [1.165, 1.54) is 18.9 Å². The van der Waals surface area contributed by atoms with Gasteiger partial charge in [0.2, 0.25) is 0 Å². The molecule has 2 heteroatoms. The first-order chi connectivity index (χ1) is 6.59. The number of carbonyl (C=O) groups is 1. The average molecular weight is 196 g/mol. The largest absolute Gasteiger partial charge is 0.478 e. The Labute approximate surface area is 86.0 Å². The van der Waals surface area contributed by atoms with Crippen molar-refractivity contribution in [2.24, 2.45) is 17.8 Å². The predicted octanol–water partition coefficient (Wildman–Crippen LogP) is 3.09. The van der Waals surface area contributed by atoms with Crippen LogP contribution in [0.5, 0.6) is 0 Å². The number of carboxylic acids is 1. The summed E-state index contributed by atoms with van der Waals surface area (Å²) in [5.74, 6) is 1.31. The second-order valence-electron chi connectivity index (χ2n) is 4.62. The van der Waals surface area contributed by atoms with Gasteiger partial charge in [0.25, 0.3) is 0 Å². The molecule has 1 N–H and O–H groups in total. The molecule has 1 aliphatic rings. The van der Waals surface area contributed by atoms with E-state index in [0.29, 0.717) is 5.92 Å². The third kappa shape index (κ3) is 3.52. The molecule has 0 amide bonds. The van der Waals surface area contributed by atoms with Crippen LogP contribution in [0.3, 0.4) is 0 Å². The van der Waals surface area contributed by atoms with E-state index in [1.807, 2.05) is 6.08 Å². The topological polar surface area (TPSA) is 37.3 Å². The maximum atomic E-state index is 10.3. The highest BCUT2D eigenvalue weighted by Gasteiger charge is 2.21. The Morgan fingerprint density at radius 2 is 1.86 bits per heavy atom. The Morgan fingerprint density at radius 3 is 2.29 bits per heavy atom. The zero-order chi connectivity index (χ0) is 10.6. The van der Waals surface area contributed by atoms with Crippen LogP contribution in [0.25, 0.3) is 0 Å². The molecule has 0 aliphatic heterocycles. The zero-order valence-electron chi connectivity index (χ0n) is 9.07. The predicted molar refractivity (Wildman–Crippen MR) is 57.1 cm³/mol. The molecule has 1 aliphatic carbocycles. The minimum Gasteiger partial charge on any atom is -0.478 e. The average Bonchev–Trinajstić information content (AvgIpc) is 2.15. The molecule has 0 heterocycles. The molecule has 0 unspecified atom stereocenters. The van der Waals surface area contributed by atoms with Gasteiger partial charge in [-0.05, 0) is 43.4 Å². The van der Waals surface area contributed by atoms with E-state index in [0.717, 1.165) is 24.7 Å². The maximum Gasteiger partial charge on any atom is 0.327 e. The van der Waals surface area contributed by atoms with E-state index in [4.69, 9.17) is 5.11 Å². The Hall–Kier alpha value is -0.790. The van der Waals surface area contributed by atoms with Gasteiger partial charge < -0.3 is 5.11 Å². The second kappa shape index (κ2) is 5.18. The van der Waals surface area contributed by atoms with Gasteiger partial charge >= 0.3 is 5.97 Å². The summed E-state index contributed by atoms with van der Waals surface area (Å²) in [6.07, 6.45) is 7.98. The molecule has 0 aromatic rings. The fourth-order valence-corrected chi connectivity index (χ4v) is 2.22. The monoisotopic (exact) mass is 196 g/mol. The van der Waals surface area contributed by atoms with Crippen LogP contribution in [-0.2, 0) is 4.79 Å². The van der Waals surface area contributed by atoms with E-state index in [2.05, 4.69) is 13.8 Å². The van der Waals surface area contributed by atoms with Crippen molar-refractivity contribution in [2.75, 3.05) is 0 Å². The normalized spacial score (nSPS) is 28.5. The van der Waals surface area contributed by atoms with Crippen molar-refractivity contribution in [1.82, 2.24) is 0 Å². The van der Waals surface area contributed by atoms with Gasteiger partial charge in [0.05, 0.1) is 0 Å². The molecule has 14 heavy (non-hydrogen) atoms. The molecule has 2 nitrogen and oxygen atoms in total. The molecule has 0 saturated heterocycles. The highest BCUT2D eigenvalue weighted by Crippen LogP contribution is 2.33. The van der Waals surface area contributed by atoms with Gasteiger partial charge in [-0.1, -0.05) is 19.9 Å². The Bertz CT molecular complexity index is 210. The summed E-state index contributed by atoms with van der Waals surface area (Å²) in [7, 11) is 0. The standard InChI is InChI=1S/C12H20O2/c1-9(2)11-6-3-10(4-7-11)5-8-12(13)14/h5,8-11H,3-4,6-7H2,1-2H3,(H,13,14)/b8-5+. The molecule has 0 atom stereocenters. The van der Waals surface area contributed by atoms with Crippen LogP contribution < -0.4 is 0 Å². The lowest BCUT2D eigenvalue weighted by atomic mass is 9.77. The van der Waals surface area contributed by atoms with Crippen LogP contribution in [0.1, 0.15) is 39.5 Å². The third-order valence-electron chi connectivity index (χ3n) is 3.27. The van der Waals surface area contributed by atoms with Crippen molar-refractivity contribution in [3.8, 4) is 0 Å². The quantitative estimate of drug-likeness (QED) is 0.704. The molecule has 1 fully saturated rings. The van der Waals surface area contributed by atoms with Crippen LogP contribution in [0.15, 0.2) is 12.2 Å². The van der Waals surface area contributed by atoms with Crippen LogP contribution in [0.4, 0.5) is 0 Å². The van der Waals surface area contributed by atoms with Gasteiger partial charge in [-0.2, -0.15) is 0 Å². The molecule has 1 rings (SSSR count). The van der Waals surface area contributed by atoms with Crippen molar-refractivity contribution >= 4 is 5.97 Å². The number of aliphatic carboxylic acids is 1. The first-order valence-corrected chi connectivity index (χ1v) is 5.50. The van der Waals surface area contributed by atoms with Crippen LogP contribution in [0.2, 0.25) is 0 Å². The number of allylic oxidation sites excluding steroid dienone is 1. The van der Waals surface area contributed by atoms with Crippen molar-refractivity contribution in [3.05, 3.63) is 12.2 Å². The highest BCUT2D eigenvalue weighted by atomic mass is 16.4. The van der Waals surface area contributed by atoms with Crippen LogP contribution >= 0.6 is 0 Å². The zero-order valence-corrected chi connectivity index (χ0v) is 9.07. The summed E-state index contributed by atoms with van der Waals surface area (Å²) >= 11 is 0. The van der Waals surface area contributed by atoms with E-state index < -0.39 is 5.97 Å². The SMILES string of the molecule is CC(C)C1CCC(/C=C/C(=O)O)CC1. The molecule has 0 spiro atoms. The lowest BCUT2D eigenvalue weighted by molar-refractivity contribution is -0.131. The van der Waals surface area contributed by atoms with Crippen molar-refractivity contribution in [3.63, 3.8) is 0 Å². The van der Waals surface area contributed by atoms with E-state index in [1.54, 1.807) is 0 Å². The molecule has 0 radical (unpaired) electrons. The van der Waals surface area contributed by atoms with Gasteiger partial charge in [0.15, 0.2) is 0 Å². The summed E-state index contributed by atoms with van der Waals surface area (Å²) in [4.78, 5) is 10.3. The van der Waals surface area contributed by atoms with Gasteiger partial charge in [0.1, 0.15) is 0 Å². The molecule has 80 valence electrons. The fraction of sp³-hybridized carbons (Fsp3) is 0.750. The fourth-order valence-electron chi connectivity index (χ4n) is 2.22. The van der Waals surface area contributed by atoms with Gasteiger partial charge in [-0.25, -0.2) is 4.79 Å². The first kappa shape index (κ1) is 11.3. The van der Waals surface area contributed by atoms with Crippen molar-refractivity contribution < 1.29 is 9.90 Å². The molecule has 0 aromatic carbocycles. The summed E-state index contributed by atoms with van der Waals surface area (Å²) in [5.41, 5.74) is 0. The van der Waals surface area contributed by atoms with Gasteiger partial charge in [0, 0.05) is 6.08 Å². The van der Waals surface area contributed by atoms with Gasteiger partial charge in [-0.15, -0.1) is 0 Å². The summed E-state index contributed by atoms with van der Waals surface area (Å²) in [6.45, 7) is 4.55. The maximum absolute atomic E-state index is 10.3. The smallest absolute Gasteiger partial charge is 0.327 e. The summed E-state index contributed by atoms with van der Waals surface area (Å²) in [5, 5.41) is 8.50. The van der Waals surface area contributed by atoms with E-state index in [-0.39, 0.29) is 0 Å².